The van der Waals surface area contributed by atoms with Crippen molar-refractivity contribution in [1.29, 1.82) is 0 Å². The summed E-state index contributed by atoms with van der Waals surface area (Å²) in [5, 5.41) is 8.98. The van der Waals surface area contributed by atoms with E-state index in [1.165, 1.54) is 12.3 Å². The second-order valence-electron chi connectivity index (χ2n) is 8.26. The number of halogens is 1. The van der Waals surface area contributed by atoms with E-state index in [1.54, 1.807) is 0 Å². The SMILES string of the molecule is CC1(C)OB(c2cnc(O[C@@H]3CCN(C(=O)O)C[C@@H]3F)c(C(N)=O)c2)OC1(C)C. The number of pyridine rings is 1. The fraction of sp³-hybridized carbons (Fsp3) is 0.611. The molecule has 9 nitrogen and oxygen atoms in total. The molecule has 0 radical (unpaired) electrons. The van der Waals surface area contributed by atoms with Crippen LogP contribution in [0.25, 0.3) is 0 Å². The van der Waals surface area contributed by atoms with E-state index in [0.29, 0.717) is 5.46 Å². The molecule has 1 aromatic rings. The van der Waals surface area contributed by atoms with E-state index in [2.05, 4.69) is 4.98 Å². The predicted octanol–water partition coefficient (Wildman–Crippen LogP) is 0.949. The van der Waals surface area contributed by atoms with Crippen LogP contribution in [0.4, 0.5) is 9.18 Å². The summed E-state index contributed by atoms with van der Waals surface area (Å²) >= 11 is 0. The highest BCUT2D eigenvalue weighted by Crippen LogP contribution is 2.36. The summed E-state index contributed by atoms with van der Waals surface area (Å²) in [5.41, 5.74) is 4.79. The number of nitrogens with zero attached hydrogens (tertiary/aromatic N) is 2. The van der Waals surface area contributed by atoms with Crippen LogP contribution >= 0.6 is 0 Å². The molecule has 0 aliphatic carbocycles. The average molecular weight is 409 g/mol. The number of likely N-dealkylation sites (tertiary alicyclic amines) is 1. The smallest absolute Gasteiger partial charge is 0.471 e. The third-order valence-electron chi connectivity index (χ3n) is 5.68. The Bertz CT molecular complexity index is 805. The van der Waals surface area contributed by atoms with Crippen LogP contribution in [0.15, 0.2) is 12.3 Å². The van der Waals surface area contributed by atoms with E-state index >= 15 is 0 Å². The Morgan fingerprint density at radius 2 is 1.97 bits per heavy atom. The molecule has 3 rings (SSSR count). The number of carbonyl (C=O) groups is 2. The van der Waals surface area contributed by atoms with Crippen LogP contribution in [0.1, 0.15) is 44.5 Å². The number of carboxylic acid groups (broad SMARTS) is 1. The number of hydrogen-bond donors (Lipinski definition) is 2. The van der Waals surface area contributed by atoms with Gasteiger partial charge >= 0.3 is 13.2 Å². The number of aromatic nitrogens is 1. The lowest BCUT2D eigenvalue weighted by molar-refractivity contribution is 0.00578. The largest absolute Gasteiger partial charge is 0.496 e. The summed E-state index contributed by atoms with van der Waals surface area (Å²) in [5.74, 6) is -0.890. The molecule has 0 bridgehead atoms. The van der Waals surface area contributed by atoms with Crippen molar-refractivity contribution in [3.05, 3.63) is 17.8 Å². The summed E-state index contributed by atoms with van der Waals surface area (Å²) in [6.07, 6.45) is -2.10. The van der Waals surface area contributed by atoms with Crippen molar-refractivity contribution < 1.29 is 33.1 Å². The Labute approximate surface area is 168 Å². The van der Waals surface area contributed by atoms with E-state index in [4.69, 9.17) is 24.9 Å². The highest BCUT2D eigenvalue weighted by atomic mass is 19.1. The monoisotopic (exact) mass is 409 g/mol. The van der Waals surface area contributed by atoms with Gasteiger partial charge in [0.2, 0.25) is 5.88 Å². The van der Waals surface area contributed by atoms with E-state index < -0.39 is 42.6 Å². The molecule has 29 heavy (non-hydrogen) atoms. The standard InChI is InChI=1S/C18H25BFN3O6/c1-17(2)18(3,4)29-19(28-17)10-7-11(14(21)24)15(22-8-10)27-13-5-6-23(16(25)26)9-12(13)20/h7-8,12-13H,5-6,9H2,1-4H3,(H2,21,24)(H,25,26)/t12-,13+/m0/s1. The number of alkyl halides is 1. The summed E-state index contributed by atoms with van der Waals surface area (Å²) in [6.45, 7) is 7.42. The number of primary amides is 1. The van der Waals surface area contributed by atoms with Crippen molar-refractivity contribution in [2.24, 2.45) is 5.73 Å². The number of piperidine rings is 1. The molecular weight excluding hydrogens is 384 g/mol. The van der Waals surface area contributed by atoms with Crippen LogP contribution in [0.3, 0.4) is 0 Å². The highest BCUT2D eigenvalue weighted by molar-refractivity contribution is 6.62. The topological polar surface area (TPSA) is 124 Å². The molecule has 0 saturated carbocycles. The van der Waals surface area contributed by atoms with Crippen LogP contribution in [-0.2, 0) is 9.31 Å². The molecule has 1 aromatic heterocycles. The normalized spacial score (nSPS) is 25.7. The first kappa shape index (κ1) is 21.3. The third kappa shape index (κ3) is 4.15. The maximum absolute atomic E-state index is 14.4. The molecule has 0 spiro atoms. The van der Waals surface area contributed by atoms with E-state index in [9.17, 15) is 14.0 Å². The first-order valence-electron chi connectivity index (χ1n) is 9.35. The van der Waals surface area contributed by atoms with E-state index in [-0.39, 0.29) is 31.0 Å². The van der Waals surface area contributed by atoms with Gasteiger partial charge in [-0.05, 0) is 33.8 Å². The fourth-order valence-electron chi connectivity index (χ4n) is 3.18. The second-order valence-corrected chi connectivity index (χ2v) is 8.26. The van der Waals surface area contributed by atoms with Gasteiger partial charge in [-0.25, -0.2) is 14.2 Å². The Balaban J connectivity index is 1.79. The minimum absolute atomic E-state index is 0.0231. The highest BCUT2D eigenvalue weighted by Gasteiger charge is 2.52. The zero-order chi connectivity index (χ0) is 21.6. The molecule has 0 aromatic carbocycles. The molecule has 2 atom stereocenters. The van der Waals surface area contributed by atoms with Gasteiger partial charge in [0.15, 0.2) is 6.17 Å². The van der Waals surface area contributed by atoms with Gasteiger partial charge in [-0.3, -0.25) is 4.79 Å². The number of amides is 2. The molecule has 2 aliphatic heterocycles. The van der Waals surface area contributed by atoms with Gasteiger partial charge in [0.1, 0.15) is 11.7 Å². The van der Waals surface area contributed by atoms with Crippen molar-refractivity contribution in [1.82, 2.24) is 9.88 Å². The van der Waals surface area contributed by atoms with Gasteiger partial charge in [-0.15, -0.1) is 0 Å². The molecule has 158 valence electrons. The van der Waals surface area contributed by atoms with Gasteiger partial charge < -0.3 is 29.8 Å². The first-order chi connectivity index (χ1) is 13.4. The minimum atomic E-state index is -1.55. The van der Waals surface area contributed by atoms with Crippen molar-refractivity contribution in [3.63, 3.8) is 0 Å². The summed E-state index contributed by atoms with van der Waals surface area (Å²) in [4.78, 5) is 28.1. The number of hydrogen-bond acceptors (Lipinski definition) is 6. The lowest BCUT2D eigenvalue weighted by atomic mass is 9.79. The van der Waals surface area contributed by atoms with Crippen LogP contribution in [-0.4, -0.2) is 70.7 Å². The van der Waals surface area contributed by atoms with Gasteiger partial charge in [0.05, 0.1) is 17.7 Å². The number of carbonyl (C=O) groups excluding carboxylic acids is 1. The van der Waals surface area contributed by atoms with Crippen molar-refractivity contribution >= 4 is 24.6 Å². The van der Waals surface area contributed by atoms with Crippen molar-refractivity contribution in [3.8, 4) is 5.88 Å². The Hall–Kier alpha value is -2.40. The third-order valence-corrected chi connectivity index (χ3v) is 5.68. The predicted molar refractivity (Wildman–Crippen MR) is 102 cm³/mol. The zero-order valence-corrected chi connectivity index (χ0v) is 16.8. The van der Waals surface area contributed by atoms with E-state index in [1.807, 2.05) is 27.7 Å². The molecule has 2 saturated heterocycles. The fourth-order valence-corrected chi connectivity index (χ4v) is 3.18. The Morgan fingerprint density at radius 3 is 2.48 bits per heavy atom. The molecule has 3 N–H and O–H groups in total. The number of ether oxygens (including phenoxy) is 1. The molecule has 0 unspecified atom stereocenters. The van der Waals surface area contributed by atoms with Gasteiger partial charge in [0, 0.05) is 24.6 Å². The maximum Gasteiger partial charge on any atom is 0.496 e. The van der Waals surface area contributed by atoms with E-state index in [0.717, 1.165) is 4.90 Å². The minimum Gasteiger partial charge on any atom is -0.471 e. The van der Waals surface area contributed by atoms with Gasteiger partial charge in [-0.1, -0.05) is 0 Å². The maximum atomic E-state index is 14.4. The molecule has 3 heterocycles. The summed E-state index contributed by atoms with van der Waals surface area (Å²) in [7, 11) is -0.743. The lowest BCUT2D eigenvalue weighted by Gasteiger charge is -2.33. The second kappa shape index (κ2) is 7.45. The lowest BCUT2D eigenvalue weighted by Crippen LogP contribution is -2.49. The number of rotatable bonds is 4. The molecule has 2 fully saturated rings. The van der Waals surface area contributed by atoms with Gasteiger partial charge in [0.25, 0.3) is 5.91 Å². The first-order valence-corrected chi connectivity index (χ1v) is 9.35. The molecule has 2 aliphatic rings. The quantitative estimate of drug-likeness (QED) is 0.710. The zero-order valence-electron chi connectivity index (χ0n) is 16.8. The summed E-state index contributed by atoms with van der Waals surface area (Å²) in [6, 6.07) is 1.46. The van der Waals surface area contributed by atoms with Gasteiger partial charge in [-0.2, -0.15) is 0 Å². The molecular formula is C18H25BFN3O6. The molecule has 11 heteroatoms. The Kier molecular flexibility index (Phi) is 5.48. The Morgan fingerprint density at radius 1 is 1.34 bits per heavy atom. The van der Waals surface area contributed by atoms with Crippen molar-refractivity contribution in [2.45, 2.75) is 57.6 Å². The number of nitrogens with two attached hydrogens (primary N) is 1. The average Bonchev–Trinajstić information content (AvgIpc) is 2.84. The van der Waals surface area contributed by atoms with Crippen LogP contribution < -0.4 is 15.9 Å². The summed E-state index contributed by atoms with van der Waals surface area (Å²) < 4.78 is 31.9. The van der Waals surface area contributed by atoms with Crippen LogP contribution in [0.5, 0.6) is 5.88 Å². The van der Waals surface area contributed by atoms with Crippen LogP contribution in [0, 0.1) is 0 Å². The van der Waals surface area contributed by atoms with Crippen molar-refractivity contribution in [2.75, 3.05) is 13.1 Å². The molecule has 2 amide bonds. The van der Waals surface area contributed by atoms with Crippen LogP contribution in [0.2, 0.25) is 0 Å².